The molecular weight excluding hydrogens is 695 g/mol. The van der Waals surface area contributed by atoms with E-state index in [9.17, 15) is 0 Å². The summed E-state index contributed by atoms with van der Waals surface area (Å²) in [4.78, 5) is 9.41. The highest BCUT2D eigenvalue weighted by atomic mass is 16.3. The minimum Gasteiger partial charge on any atom is -0.454 e. The van der Waals surface area contributed by atoms with Crippen LogP contribution in [0.25, 0.3) is 44.2 Å². The van der Waals surface area contributed by atoms with Crippen LogP contribution in [0.4, 0.5) is 34.1 Å². The lowest BCUT2D eigenvalue weighted by Gasteiger charge is -2.42. The average molecular weight is 736 g/mol. The third-order valence-corrected chi connectivity index (χ3v) is 12.5. The van der Waals surface area contributed by atoms with Crippen LogP contribution in [0.2, 0.25) is 0 Å². The smallest absolute Gasteiger partial charge is 0.159 e. The number of rotatable bonds is 5. The van der Waals surface area contributed by atoms with E-state index in [-0.39, 0.29) is 10.8 Å². The number of furan rings is 1. The van der Waals surface area contributed by atoms with Crippen molar-refractivity contribution in [3.8, 4) is 22.3 Å². The van der Waals surface area contributed by atoms with Crippen molar-refractivity contribution in [3.63, 3.8) is 0 Å². The fourth-order valence-corrected chi connectivity index (χ4v) is 9.69. The number of fused-ring (bicyclic) bond motifs is 8. The molecule has 0 N–H and O–H groups in total. The maximum atomic E-state index is 6.89. The number of pyridine rings is 1. The molecule has 0 saturated heterocycles. The van der Waals surface area contributed by atoms with E-state index in [1.54, 1.807) is 0 Å². The topological polar surface area (TPSA) is 32.5 Å². The average Bonchev–Trinajstić information content (AvgIpc) is 3.74. The van der Waals surface area contributed by atoms with Crippen molar-refractivity contribution >= 4 is 56.1 Å². The van der Waals surface area contributed by atoms with Crippen LogP contribution in [0.15, 0.2) is 181 Å². The van der Waals surface area contributed by atoms with Crippen LogP contribution in [-0.4, -0.2) is 4.98 Å². The van der Waals surface area contributed by atoms with Gasteiger partial charge >= 0.3 is 0 Å². The fraction of sp³-hybridized carbons (Fsp3) is 0.113. The van der Waals surface area contributed by atoms with E-state index < -0.39 is 0 Å². The standard InChI is InChI=1S/C53H41N3O/c1-52(2)43-20-12-13-21-46(43)56(37-17-9-6-10-18-37)47-28-25-35(31-44(47)52)34-23-26-38(27-24-34)55(36-15-7-5-8-16-36)50-49-41(39-29-30-54-33-45(39)53(49,3)4)32-42-40-19-11-14-22-48(40)57-51(42)50/h5-33H,1-4H3. The lowest BCUT2D eigenvalue weighted by Crippen LogP contribution is -2.30. The van der Waals surface area contributed by atoms with E-state index in [0.717, 1.165) is 44.7 Å². The highest BCUT2D eigenvalue weighted by Crippen LogP contribution is 2.58. The Balaban J connectivity index is 1.09. The van der Waals surface area contributed by atoms with Gasteiger partial charge in [0.25, 0.3) is 0 Å². The lowest BCUT2D eigenvalue weighted by molar-refractivity contribution is 0.632. The van der Waals surface area contributed by atoms with Gasteiger partial charge in [0.05, 0.1) is 17.1 Å². The Kier molecular flexibility index (Phi) is 7.21. The second-order valence-corrected chi connectivity index (χ2v) is 16.4. The molecule has 0 bridgehead atoms. The van der Waals surface area contributed by atoms with Gasteiger partial charge in [-0.1, -0.05) is 119 Å². The fourth-order valence-electron chi connectivity index (χ4n) is 9.69. The van der Waals surface area contributed by atoms with E-state index in [0.29, 0.717) is 0 Å². The molecule has 0 amide bonds. The third kappa shape index (κ3) is 4.90. The molecule has 274 valence electrons. The van der Waals surface area contributed by atoms with Crippen molar-refractivity contribution in [1.82, 2.24) is 4.98 Å². The number of nitrogens with zero attached hydrogens (tertiary/aromatic N) is 3. The number of aromatic nitrogens is 1. The first-order valence-corrected chi connectivity index (χ1v) is 19.8. The number of anilines is 6. The van der Waals surface area contributed by atoms with Gasteiger partial charge in [0, 0.05) is 51.1 Å². The predicted molar refractivity (Wildman–Crippen MR) is 236 cm³/mol. The molecule has 1 aliphatic carbocycles. The number of benzene rings is 7. The molecular formula is C53H41N3O. The summed E-state index contributed by atoms with van der Waals surface area (Å²) in [6.07, 6.45) is 3.95. The Bertz CT molecular complexity index is 3010. The molecule has 0 unspecified atom stereocenters. The number of hydrogen-bond acceptors (Lipinski definition) is 4. The second kappa shape index (κ2) is 12.3. The monoisotopic (exact) mass is 735 g/mol. The first-order chi connectivity index (χ1) is 27.8. The number of hydrogen-bond donors (Lipinski definition) is 0. The highest BCUT2D eigenvalue weighted by Gasteiger charge is 2.42. The van der Waals surface area contributed by atoms with E-state index in [1.807, 2.05) is 12.4 Å². The van der Waals surface area contributed by atoms with Gasteiger partial charge < -0.3 is 14.2 Å². The van der Waals surface area contributed by atoms with Crippen molar-refractivity contribution in [1.29, 1.82) is 0 Å². The van der Waals surface area contributed by atoms with Gasteiger partial charge in [-0.15, -0.1) is 0 Å². The zero-order chi connectivity index (χ0) is 38.5. The van der Waals surface area contributed by atoms with Crippen LogP contribution in [0.5, 0.6) is 0 Å². The van der Waals surface area contributed by atoms with Crippen LogP contribution >= 0.6 is 0 Å². The minimum atomic E-state index is -0.323. The molecule has 9 aromatic rings. The van der Waals surface area contributed by atoms with Crippen LogP contribution < -0.4 is 9.80 Å². The van der Waals surface area contributed by atoms with Gasteiger partial charge in [0.15, 0.2) is 5.58 Å². The summed E-state index contributed by atoms with van der Waals surface area (Å²) in [5.74, 6) is 0. The highest BCUT2D eigenvalue weighted by molar-refractivity contribution is 6.14. The Labute approximate surface area is 333 Å². The SMILES string of the molecule is CC1(C)c2ccccc2N(c2ccccc2)c2ccc(-c3ccc(N(c4ccccc4)c4c5c(cc6c4oc4ccccc46)-c4ccncc4C5(C)C)cc3)cc21. The van der Waals surface area contributed by atoms with Crippen molar-refractivity contribution in [2.24, 2.45) is 0 Å². The first-order valence-electron chi connectivity index (χ1n) is 19.8. The molecule has 3 heterocycles. The molecule has 4 nitrogen and oxygen atoms in total. The van der Waals surface area contributed by atoms with Crippen molar-refractivity contribution in [2.45, 2.75) is 38.5 Å². The third-order valence-electron chi connectivity index (χ3n) is 12.5. The molecule has 0 fully saturated rings. The van der Waals surface area contributed by atoms with Gasteiger partial charge in [0.1, 0.15) is 5.58 Å². The maximum Gasteiger partial charge on any atom is 0.159 e. The lowest BCUT2D eigenvalue weighted by atomic mass is 9.73. The molecule has 7 aromatic carbocycles. The Morgan fingerprint density at radius 3 is 2.00 bits per heavy atom. The zero-order valence-electron chi connectivity index (χ0n) is 32.5. The minimum absolute atomic E-state index is 0.192. The molecule has 0 saturated carbocycles. The van der Waals surface area contributed by atoms with Crippen molar-refractivity contribution < 1.29 is 4.42 Å². The summed E-state index contributed by atoms with van der Waals surface area (Å²) in [5, 5.41) is 2.23. The molecule has 2 aromatic heterocycles. The quantitative estimate of drug-likeness (QED) is 0.176. The van der Waals surface area contributed by atoms with E-state index in [2.05, 4.69) is 206 Å². The predicted octanol–water partition coefficient (Wildman–Crippen LogP) is 14.5. The Morgan fingerprint density at radius 2 is 1.19 bits per heavy atom. The number of para-hydroxylation sites is 4. The Morgan fingerprint density at radius 1 is 0.526 bits per heavy atom. The van der Waals surface area contributed by atoms with Crippen LogP contribution in [0.1, 0.15) is 49.9 Å². The summed E-state index contributed by atoms with van der Waals surface area (Å²) >= 11 is 0. The van der Waals surface area contributed by atoms with E-state index in [1.165, 1.54) is 55.9 Å². The Hall–Kier alpha value is -6.91. The molecule has 0 radical (unpaired) electrons. The molecule has 11 rings (SSSR count). The summed E-state index contributed by atoms with van der Waals surface area (Å²) in [6.45, 7) is 9.34. The molecule has 57 heavy (non-hydrogen) atoms. The van der Waals surface area contributed by atoms with Gasteiger partial charge in [-0.2, -0.15) is 0 Å². The van der Waals surface area contributed by atoms with Crippen LogP contribution in [0.3, 0.4) is 0 Å². The molecule has 0 spiro atoms. The largest absolute Gasteiger partial charge is 0.454 e. The van der Waals surface area contributed by atoms with Gasteiger partial charge in [-0.25, -0.2) is 0 Å². The van der Waals surface area contributed by atoms with Gasteiger partial charge in [-0.3, -0.25) is 4.98 Å². The molecule has 1 aliphatic heterocycles. The molecule has 4 heteroatoms. The van der Waals surface area contributed by atoms with Gasteiger partial charge in [-0.05, 0) is 117 Å². The summed E-state index contributed by atoms with van der Waals surface area (Å²) in [7, 11) is 0. The summed E-state index contributed by atoms with van der Waals surface area (Å²) in [6, 6.07) is 59.2. The van der Waals surface area contributed by atoms with Crippen LogP contribution in [-0.2, 0) is 10.8 Å². The van der Waals surface area contributed by atoms with Crippen LogP contribution in [0, 0.1) is 0 Å². The van der Waals surface area contributed by atoms with Crippen molar-refractivity contribution in [2.75, 3.05) is 9.80 Å². The summed E-state index contributed by atoms with van der Waals surface area (Å²) in [5.41, 5.74) is 18.0. The molecule has 2 aliphatic rings. The normalized spacial score (nSPS) is 14.6. The van der Waals surface area contributed by atoms with Crippen molar-refractivity contribution in [3.05, 3.63) is 198 Å². The van der Waals surface area contributed by atoms with Gasteiger partial charge in [0.2, 0.25) is 0 Å². The first kappa shape index (κ1) is 33.4. The van der Waals surface area contributed by atoms with E-state index in [4.69, 9.17) is 4.42 Å². The maximum absolute atomic E-state index is 6.89. The molecule has 0 atom stereocenters. The van der Waals surface area contributed by atoms with E-state index >= 15 is 0 Å². The zero-order valence-corrected chi connectivity index (χ0v) is 32.5. The second-order valence-electron chi connectivity index (χ2n) is 16.4. The summed E-state index contributed by atoms with van der Waals surface area (Å²) < 4.78 is 6.89.